The van der Waals surface area contributed by atoms with Crippen LogP contribution in [0, 0.1) is 17.1 Å². The van der Waals surface area contributed by atoms with Crippen molar-refractivity contribution < 1.29 is 19.1 Å². The van der Waals surface area contributed by atoms with Crippen LogP contribution >= 0.6 is 0 Å². The standard InChI is InChI=1S/C26H18FN5O3/c27-16-8-6-15(7-9-16)13-32-14-20-21(25(34)30-12-18-4-1-3-17(11-28)31-18)19-5-2-10-29-23(19)24(33)22(20)26(32)35/h1-10,33H,12-14H2,(H,30,34). The number of carbonyl (C=O) groups is 2. The zero-order chi connectivity index (χ0) is 24.5. The zero-order valence-corrected chi connectivity index (χ0v) is 18.3. The number of fused-ring (bicyclic) bond motifs is 2. The number of hydrogen-bond acceptors (Lipinski definition) is 6. The lowest BCUT2D eigenvalue weighted by Crippen LogP contribution is -2.25. The molecule has 0 saturated carbocycles. The van der Waals surface area contributed by atoms with Gasteiger partial charge in [0.15, 0.2) is 5.75 Å². The number of halogens is 1. The molecule has 5 rings (SSSR count). The molecule has 1 aliphatic rings. The van der Waals surface area contributed by atoms with Crippen molar-refractivity contribution in [2.75, 3.05) is 0 Å². The van der Waals surface area contributed by atoms with Crippen molar-refractivity contribution in [3.05, 3.63) is 100 Å². The Morgan fingerprint density at radius 1 is 1.17 bits per heavy atom. The van der Waals surface area contributed by atoms with Crippen molar-refractivity contribution in [2.24, 2.45) is 0 Å². The van der Waals surface area contributed by atoms with Crippen LogP contribution in [0.15, 0.2) is 60.8 Å². The van der Waals surface area contributed by atoms with Crippen molar-refractivity contribution >= 4 is 22.7 Å². The first kappa shape index (κ1) is 22.0. The number of phenols is 1. The van der Waals surface area contributed by atoms with E-state index >= 15 is 0 Å². The minimum atomic E-state index is -0.458. The molecule has 0 radical (unpaired) electrons. The second-order valence-electron chi connectivity index (χ2n) is 8.07. The number of pyridine rings is 2. The van der Waals surface area contributed by atoms with Gasteiger partial charge in [0.25, 0.3) is 11.8 Å². The van der Waals surface area contributed by atoms with Gasteiger partial charge in [-0.2, -0.15) is 5.26 Å². The molecule has 172 valence electrons. The molecule has 2 amide bonds. The third kappa shape index (κ3) is 4.02. The Morgan fingerprint density at radius 3 is 2.74 bits per heavy atom. The predicted octanol–water partition coefficient (Wildman–Crippen LogP) is 3.43. The number of benzene rings is 2. The van der Waals surface area contributed by atoms with Gasteiger partial charge in [0.05, 0.1) is 23.4 Å². The van der Waals surface area contributed by atoms with Crippen LogP contribution in [0.3, 0.4) is 0 Å². The molecule has 35 heavy (non-hydrogen) atoms. The second-order valence-corrected chi connectivity index (χ2v) is 8.07. The molecule has 2 aromatic heterocycles. The van der Waals surface area contributed by atoms with E-state index in [-0.39, 0.29) is 53.5 Å². The van der Waals surface area contributed by atoms with Crippen LogP contribution < -0.4 is 5.32 Å². The Morgan fingerprint density at radius 2 is 1.97 bits per heavy atom. The van der Waals surface area contributed by atoms with Gasteiger partial charge in [0, 0.05) is 30.2 Å². The quantitative estimate of drug-likeness (QED) is 0.464. The first-order chi connectivity index (χ1) is 17.0. The molecule has 3 heterocycles. The summed E-state index contributed by atoms with van der Waals surface area (Å²) in [4.78, 5) is 36.5. The highest BCUT2D eigenvalue weighted by Gasteiger charge is 2.36. The largest absolute Gasteiger partial charge is 0.505 e. The molecule has 0 spiro atoms. The minimum Gasteiger partial charge on any atom is -0.505 e. The van der Waals surface area contributed by atoms with Crippen LogP contribution in [0.1, 0.15) is 43.2 Å². The third-order valence-electron chi connectivity index (χ3n) is 5.86. The number of nitrogens with one attached hydrogen (secondary N) is 1. The summed E-state index contributed by atoms with van der Waals surface area (Å²) in [5, 5.41) is 23.2. The number of amides is 2. The Balaban J connectivity index is 1.52. The third-order valence-corrected chi connectivity index (χ3v) is 5.86. The van der Waals surface area contributed by atoms with E-state index in [9.17, 15) is 19.1 Å². The number of phenolic OH excluding ortho intramolecular Hbond substituents is 1. The lowest BCUT2D eigenvalue weighted by atomic mass is 9.96. The summed E-state index contributed by atoms with van der Waals surface area (Å²) in [7, 11) is 0. The zero-order valence-electron chi connectivity index (χ0n) is 18.3. The van der Waals surface area contributed by atoms with Crippen LogP contribution in [0.5, 0.6) is 5.75 Å². The van der Waals surface area contributed by atoms with Gasteiger partial charge in [0.2, 0.25) is 0 Å². The van der Waals surface area contributed by atoms with E-state index in [2.05, 4.69) is 15.3 Å². The highest BCUT2D eigenvalue weighted by molar-refractivity contribution is 6.15. The second kappa shape index (κ2) is 8.83. The van der Waals surface area contributed by atoms with Crippen molar-refractivity contribution in [3.8, 4) is 11.8 Å². The average Bonchev–Trinajstić information content (AvgIpc) is 3.20. The molecule has 0 unspecified atom stereocenters. The number of rotatable bonds is 5. The summed E-state index contributed by atoms with van der Waals surface area (Å²) in [6.07, 6.45) is 1.48. The maximum absolute atomic E-state index is 13.4. The number of hydrogen-bond donors (Lipinski definition) is 2. The van der Waals surface area contributed by atoms with Crippen molar-refractivity contribution in [1.82, 2.24) is 20.2 Å². The van der Waals surface area contributed by atoms with Crippen LogP contribution in [-0.2, 0) is 19.6 Å². The van der Waals surface area contributed by atoms with Gasteiger partial charge in [-0.25, -0.2) is 9.37 Å². The van der Waals surface area contributed by atoms with Gasteiger partial charge >= 0.3 is 0 Å². The lowest BCUT2D eigenvalue weighted by Gasteiger charge is -2.16. The van der Waals surface area contributed by atoms with Gasteiger partial charge in [0.1, 0.15) is 23.1 Å². The fourth-order valence-electron chi connectivity index (χ4n) is 4.25. The van der Waals surface area contributed by atoms with Crippen LogP contribution in [0.4, 0.5) is 4.39 Å². The maximum Gasteiger partial charge on any atom is 0.258 e. The summed E-state index contributed by atoms with van der Waals surface area (Å²) < 4.78 is 13.3. The maximum atomic E-state index is 13.4. The van der Waals surface area contributed by atoms with Crippen molar-refractivity contribution in [2.45, 2.75) is 19.6 Å². The number of nitrogens with zero attached hydrogens (tertiary/aromatic N) is 4. The smallest absolute Gasteiger partial charge is 0.258 e. The van der Waals surface area contributed by atoms with E-state index < -0.39 is 11.8 Å². The average molecular weight is 467 g/mol. The molecule has 9 heteroatoms. The lowest BCUT2D eigenvalue weighted by molar-refractivity contribution is 0.0763. The van der Waals surface area contributed by atoms with Gasteiger partial charge in [-0.1, -0.05) is 24.3 Å². The molecule has 1 aliphatic heterocycles. The Kier molecular flexibility index (Phi) is 5.55. The fraction of sp³-hybridized carbons (Fsp3) is 0.115. The van der Waals surface area contributed by atoms with Gasteiger partial charge in [-0.3, -0.25) is 14.6 Å². The minimum absolute atomic E-state index is 0.0352. The summed E-state index contributed by atoms with van der Waals surface area (Å²) in [5.41, 5.74) is 2.28. The molecular weight excluding hydrogens is 449 g/mol. The Hall–Kier alpha value is -4.84. The highest BCUT2D eigenvalue weighted by atomic mass is 19.1. The summed E-state index contributed by atoms with van der Waals surface area (Å²) in [6, 6.07) is 16.0. The van der Waals surface area contributed by atoms with Crippen LogP contribution in [0.25, 0.3) is 10.9 Å². The molecule has 2 N–H and O–H groups in total. The van der Waals surface area contributed by atoms with E-state index in [1.54, 1.807) is 42.5 Å². The molecule has 4 aromatic rings. The van der Waals surface area contributed by atoms with Gasteiger partial charge in [-0.05, 0) is 35.9 Å². The summed E-state index contributed by atoms with van der Waals surface area (Å²) in [5.74, 6) is -1.55. The number of aromatic nitrogens is 2. The normalized spacial score (nSPS) is 12.5. The predicted molar refractivity (Wildman–Crippen MR) is 124 cm³/mol. The first-order valence-corrected chi connectivity index (χ1v) is 10.8. The molecule has 0 fully saturated rings. The highest BCUT2D eigenvalue weighted by Crippen LogP contribution is 2.40. The Labute approximate surface area is 199 Å². The Bertz CT molecular complexity index is 1530. The molecule has 0 bridgehead atoms. The van der Waals surface area contributed by atoms with E-state index in [0.29, 0.717) is 22.2 Å². The number of nitriles is 1. The van der Waals surface area contributed by atoms with Gasteiger partial charge < -0.3 is 15.3 Å². The number of aromatic hydroxyl groups is 1. The van der Waals surface area contributed by atoms with E-state index in [4.69, 9.17) is 5.26 Å². The first-order valence-electron chi connectivity index (χ1n) is 10.8. The summed E-state index contributed by atoms with van der Waals surface area (Å²) in [6.45, 7) is 0.344. The fourth-order valence-corrected chi connectivity index (χ4v) is 4.25. The monoisotopic (exact) mass is 467 g/mol. The molecular formula is C26H18FN5O3. The van der Waals surface area contributed by atoms with Crippen molar-refractivity contribution in [3.63, 3.8) is 0 Å². The molecule has 0 aliphatic carbocycles. The van der Waals surface area contributed by atoms with E-state index in [1.807, 2.05) is 6.07 Å². The van der Waals surface area contributed by atoms with Crippen LogP contribution in [-0.4, -0.2) is 31.8 Å². The van der Waals surface area contributed by atoms with Crippen LogP contribution in [0.2, 0.25) is 0 Å². The molecule has 0 atom stereocenters. The molecule has 0 saturated heterocycles. The molecule has 2 aromatic carbocycles. The van der Waals surface area contributed by atoms with E-state index in [1.165, 1.54) is 23.2 Å². The topological polar surface area (TPSA) is 119 Å². The SMILES string of the molecule is N#Cc1cccc(CNC(=O)c2c3c(c(O)c4ncccc24)C(=O)N(Cc2ccc(F)cc2)C3)n1. The summed E-state index contributed by atoms with van der Waals surface area (Å²) >= 11 is 0. The number of carbonyl (C=O) groups excluding carboxylic acids is 2. The van der Waals surface area contributed by atoms with Gasteiger partial charge in [-0.15, -0.1) is 0 Å². The molecule has 8 nitrogen and oxygen atoms in total. The van der Waals surface area contributed by atoms with Crippen molar-refractivity contribution in [1.29, 1.82) is 5.26 Å². The van der Waals surface area contributed by atoms with E-state index in [0.717, 1.165) is 0 Å².